The lowest BCUT2D eigenvalue weighted by molar-refractivity contribution is 0.423. The molecule has 6 heteroatoms. The summed E-state index contributed by atoms with van der Waals surface area (Å²) in [5, 5.41) is 0.583. The maximum atomic E-state index is 12.7. The second-order valence-corrected chi connectivity index (χ2v) is 6.94. The second kappa shape index (κ2) is 6.47. The Morgan fingerprint density at radius 2 is 1.86 bits per heavy atom. The van der Waals surface area contributed by atoms with Crippen LogP contribution in [0.25, 0.3) is 0 Å². The molecule has 0 heterocycles. The van der Waals surface area contributed by atoms with Gasteiger partial charge in [-0.2, -0.15) is 4.31 Å². The molecule has 0 aliphatic rings. The Hall–Kier alpha value is -1.56. The molecule has 0 spiro atoms. The Morgan fingerprint density at radius 3 is 2.48 bits per heavy atom. The minimum Gasteiger partial charge on any atom is -0.398 e. The lowest BCUT2D eigenvalue weighted by atomic mass is 10.2. The van der Waals surface area contributed by atoms with Gasteiger partial charge in [-0.25, -0.2) is 8.42 Å². The van der Waals surface area contributed by atoms with Crippen LogP contribution in [0.5, 0.6) is 0 Å². The van der Waals surface area contributed by atoms with E-state index in [-0.39, 0.29) is 17.1 Å². The molecule has 0 radical (unpaired) electrons. The van der Waals surface area contributed by atoms with Crippen LogP contribution in [0, 0.1) is 0 Å². The number of rotatable bonds is 5. The fourth-order valence-electron chi connectivity index (χ4n) is 2.06. The summed E-state index contributed by atoms with van der Waals surface area (Å²) in [6, 6.07) is 13.6. The number of benzene rings is 2. The van der Waals surface area contributed by atoms with Crippen molar-refractivity contribution in [1.29, 1.82) is 0 Å². The SMILES string of the molecule is CCN(Cc1cccc(Cl)c1)S(=O)(=O)c1ccccc1N. The van der Waals surface area contributed by atoms with Crippen LogP contribution in [0.1, 0.15) is 12.5 Å². The maximum Gasteiger partial charge on any atom is 0.245 e. The van der Waals surface area contributed by atoms with Gasteiger partial charge in [-0.3, -0.25) is 0 Å². The molecule has 2 aromatic carbocycles. The normalized spacial score (nSPS) is 11.8. The maximum absolute atomic E-state index is 12.7. The molecule has 2 N–H and O–H groups in total. The van der Waals surface area contributed by atoms with Crippen molar-refractivity contribution in [2.45, 2.75) is 18.4 Å². The van der Waals surface area contributed by atoms with E-state index in [2.05, 4.69) is 0 Å². The van der Waals surface area contributed by atoms with Crippen LogP contribution in [0.3, 0.4) is 0 Å². The third kappa shape index (κ3) is 3.56. The molecule has 21 heavy (non-hydrogen) atoms. The van der Waals surface area contributed by atoms with Gasteiger partial charge in [0.05, 0.1) is 5.69 Å². The molecule has 4 nitrogen and oxygen atoms in total. The van der Waals surface area contributed by atoms with Crippen LogP contribution in [-0.4, -0.2) is 19.3 Å². The zero-order valence-electron chi connectivity index (χ0n) is 11.7. The van der Waals surface area contributed by atoms with Gasteiger partial charge in [0.15, 0.2) is 0 Å². The molecule has 0 aliphatic carbocycles. The molecule has 112 valence electrons. The zero-order valence-corrected chi connectivity index (χ0v) is 13.2. The third-order valence-electron chi connectivity index (χ3n) is 3.14. The van der Waals surface area contributed by atoms with Gasteiger partial charge < -0.3 is 5.73 Å². The van der Waals surface area contributed by atoms with E-state index in [1.807, 2.05) is 6.07 Å². The molecule has 0 unspecified atom stereocenters. The first-order valence-corrected chi connectivity index (χ1v) is 8.36. The molecular formula is C15H17ClN2O2S. The van der Waals surface area contributed by atoms with Gasteiger partial charge in [-0.15, -0.1) is 0 Å². The van der Waals surface area contributed by atoms with Crippen molar-refractivity contribution in [2.75, 3.05) is 12.3 Å². The van der Waals surface area contributed by atoms with Gasteiger partial charge in [-0.05, 0) is 29.8 Å². The van der Waals surface area contributed by atoms with E-state index in [1.165, 1.54) is 10.4 Å². The first kappa shape index (κ1) is 15.8. The molecule has 0 atom stereocenters. The van der Waals surface area contributed by atoms with Crippen LogP contribution in [0.2, 0.25) is 5.02 Å². The van der Waals surface area contributed by atoms with Gasteiger partial charge in [0.25, 0.3) is 0 Å². The largest absolute Gasteiger partial charge is 0.398 e. The highest BCUT2D eigenvalue weighted by atomic mass is 35.5. The van der Waals surface area contributed by atoms with Crippen LogP contribution in [0.4, 0.5) is 5.69 Å². The van der Waals surface area contributed by atoms with Crippen LogP contribution >= 0.6 is 11.6 Å². The average Bonchev–Trinajstić information content (AvgIpc) is 2.45. The highest BCUT2D eigenvalue weighted by molar-refractivity contribution is 7.89. The summed E-state index contributed by atoms with van der Waals surface area (Å²) in [6.07, 6.45) is 0. The Balaban J connectivity index is 2.35. The van der Waals surface area contributed by atoms with Gasteiger partial charge in [0.1, 0.15) is 4.90 Å². The van der Waals surface area contributed by atoms with Crippen LogP contribution in [0.15, 0.2) is 53.4 Å². The van der Waals surface area contributed by atoms with Crippen LogP contribution < -0.4 is 5.73 Å². The van der Waals surface area contributed by atoms with Crippen molar-refractivity contribution in [2.24, 2.45) is 0 Å². The average molecular weight is 325 g/mol. The third-order valence-corrected chi connectivity index (χ3v) is 5.37. The molecule has 0 saturated carbocycles. The van der Waals surface area contributed by atoms with Crippen LogP contribution in [-0.2, 0) is 16.6 Å². The van der Waals surface area contributed by atoms with Gasteiger partial charge >= 0.3 is 0 Å². The highest BCUT2D eigenvalue weighted by Crippen LogP contribution is 2.23. The summed E-state index contributed by atoms with van der Waals surface area (Å²) in [5.74, 6) is 0. The first-order valence-electron chi connectivity index (χ1n) is 6.54. The van der Waals surface area contributed by atoms with Gasteiger partial charge in [0.2, 0.25) is 10.0 Å². The van der Waals surface area contributed by atoms with Crippen molar-refractivity contribution < 1.29 is 8.42 Å². The van der Waals surface area contributed by atoms with Crippen molar-refractivity contribution in [3.8, 4) is 0 Å². The molecule has 0 aliphatic heterocycles. The number of sulfonamides is 1. The van der Waals surface area contributed by atoms with Crippen molar-refractivity contribution >= 4 is 27.3 Å². The van der Waals surface area contributed by atoms with Crippen molar-refractivity contribution in [3.05, 3.63) is 59.1 Å². The zero-order chi connectivity index (χ0) is 15.5. The molecule has 0 amide bonds. The molecule has 0 saturated heterocycles. The Kier molecular flexibility index (Phi) is 4.88. The monoisotopic (exact) mass is 324 g/mol. The lowest BCUT2D eigenvalue weighted by Crippen LogP contribution is -2.31. The standard InChI is InChI=1S/C15H17ClN2O2S/c1-2-18(11-12-6-5-7-13(16)10-12)21(19,20)15-9-4-3-8-14(15)17/h3-10H,2,11,17H2,1H3. The minimum absolute atomic E-state index is 0.133. The van der Waals surface area contributed by atoms with E-state index in [0.29, 0.717) is 11.6 Å². The highest BCUT2D eigenvalue weighted by Gasteiger charge is 2.25. The molecular weight excluding hydrogens is 308 g/mol. The summed E-state index contributed by atoms with van der Waals surface area (Å²) < 4.78 is 26.8. The van der Waals surface area contributed by atoms with E-state index in [4.69, 9.17) is 17.3 Å². The number of halogens is 1. The summed E-state index contributed by atoms with van der Waals surface area (Å²) >= 11 is 5.94. The molecule has 0 bridgehead atoms. The minimum atomic E-state index is -3.63. The summed E-state index contributed by atoms with van der Waals surface area (Å²) in [6.45, 7) is 2.40. The van der Waals surface area contributed by atoms with Crippen molar-refractivity contribution in [1.82, 2.24) is 4.31 Å². The number of hydrogen-bond donors (Lipinski definition) is 1. The molecule has 0 aromatic heterocycles. The van der Waals surface area contributed by atoms with E-state index < -0.39 is 10.0 Å². The Bertz CT molecular complexity index is 732. The predicted molar refractivity (Wildman–Crippen MR) is 85.6 cm³/mol. The van der Waals surface area contributed by atoms with E-state index in [1.54, 1.807) is 43.3 Å². The number of para-hydroxylation sites is 1. The predicted octanol–water partition coefficient (Wildman–Crippen LogP) is 3.13. The molecule has 2 aromatic rings. The van der Waals surface area contributed by atoms with Crippen molar-refractivity contribution in [3.63, 3.8) is 0 Å². The number of nitrogen functional groups attached to an aromatic ring is 1. The Morgan fingerprint density at radius 1 is 1.14 bits per heavy atom. The summed E-state index contributed by atoms with van der Waals surface area (Å²) in [5.41, 5.74) is 6.88. The Labute approximate surface area is 130 Å². The van der Waals surface area contributed by atoms with E-state index >= 15 is 0 Å². The lowest BCUT2D eigenvalue weighted by Gasteiger charge is -2.21. The number of nitrogens with zero attached hydrogens (tertiary/aromatic N) is 1. The number of nitrogens with two attached hydrogens (primary N) is 1. The first-order chi connectivity index (χ1) is 9.95. The smallest absolute Gasteiger partial charge is 0.245 e. The van der Waals surface area contributed by atoms with Gasteiger partial charge in [-0.1, -0.05) is 42.8 Å². The van der Waals surface area contributed by atoms with E-state index in [9.17, 15) is 8.42 Å². The summed E-state index contributed by atoms with van der Waals surface area (Å²) in [4.78, 5) is 0.133. The second-order valence-electron chi connectivity index (χ2n) is 4.60. The number of hydrogen-bond acceptors (Lipinski definition) is 3. The quantitative estimate of drug-likeness (QED) is 0.859. The summed E-state index contributed by atoms with van der Waals surface area (Å²) in [7, 11) is -3.63. The fourth-order valence-corrected chi connectivity index (χ4v) is 3.83. The molecule has 2 rings (SSSR count). The van der Waals surface area contributed by atoms with E-state index in [0.717, 1.165) is 5.56 Å². The molecule has 0 fully saturated rings. The fraction of sp³-hybridized carbons (Fsp3) is 0.200. The topological polar surface area (TPSA) is 63.4 Å². The number of anilines is 1. The van der Waals surface area contributed by atoms with Gasteiger partial charge in [0, 0.05) is 18.1 Å².